The van der Waals surface area contributed by atoms with E-state index in [0.717, 1.165) is 16.7 Å². The summed E-state index contributed by atoms with van der Waals surface area (Å²) in [6.07, 6.45) is 1.44. The van der Waals surface area contributed by atoms with E-state index in [2.05, 4.69) is 11.4 Å². The molecular weight excluding hydrogens is 412 g/mol. The summed E-state index contributed by atoms with van der Waals surface area (Å²) in [7, 11) is 0. The van der Waals surface area contributed by atoms with Gasteiger partial charge in [-0.3, -0.25) is 4.79 Å². The second-order valence-corrected chi connectivity index (χ2v) is 7.57. The maximum Gasteiger partial charge on any atom is 0.266 e. The first-order valence-corrected chi connectivity index (χ1v) is 9.93. The standard InChI is InChI=1S/C25H21ClN2O3/c1-16-9-17(2)11-18(10-16)15-31-24-8-3-21(26)13-19(24)12-20(14-27)25(30)28-22-4-6-23(29)7-5-22/h3-13,29H,15H2,1-2H3,(H,28,30)/b20-12+. The van der Waals surface area contributed by atoms with Gasteiger partial charge in [-0.1, -0.05) is 40.9 Å². The lowest BCUT2D eigenvalue weighted by molar-refractivity contribution is -0.112. The number of hydrogen-bond donors (Lipinski definition) is 2. The molecule has 0 radical (unpaired) electrons. The molecule has 6 heteroatoms. The number of anilines is 1. The van der Waals surface area contributed by atoms with Gasteiger partial charge >= 0.3 is 0 Å². The van der Waals surface area contributed by atoms with Crippen molar-refractivity contribution < 1.29 is 14.6 Å². The van der Waals surface area contributed by atoms with Crippen LogP contribution < -0.4 is 10.1 Å². The number of ether oxygens (including phenoxy) is 1. The van der Waals surface area contributed by atoms with Crippen LogP contribution in [-0.2, 0) is 11.4 Å². The van der Waals surface area contributed by atoms with Crippen LogP contribution in [0.2, 0.25) is 5.02 Å². The second kappa shape index (κ2) is 9.84. The molecule has 3 aromatic carbocycles. The van der Waals surface area contributed by atoms with Crippen molar-refractivity contribution >= 4 is 29.3 Å². The van der Waals surface area contributed by atoms with Crippen molar-refractivity contribution in [1.29, 1.82) is 5.26 Å². The molecule has 0 saturated carbocycles. The van der Waals surface area contributed by atoms with Crippen molar-refractivity contribution in [3.8, 4) is 17.6 Å². The number of halogens is 1. The zero-order chi connectivity index (χ0) is 22.4. The Balaban J connectivity index is 1.83. The Morgan fingerprint density at radius 1 is 1.10 bits per heavy atom. The van der Waals surface area contributed by atoms with Crippen LogP contribution in [0.3, 0.4) is 0 Å². The van der Waals surface area contributed by atoms with Crippen LogP contribution in [0, 0.1) is 25.2 Å². The van der Waals surface area contributed by atoms with E-state index < -0.39 is 5.91 Å². The van der Waals surface area contributed by atoms with Crippen LogP contribution in [0.1, 0.15) is 22.3 Å². The molecule has 3 rings (SSSR count). The van der Waals surface area contributed by atoms with Crippen LogP contribution in [0.25, 0.3) is 6.08 Å². The number of rotatable bonds is 6. The summed E-state index contributed by atoms with van der Waals surface area (Å²) in [5, 5.41) is 22.0. The summed E-state index contributed by atoms with van der Waals surface area (Å²) in [6.45, 7) is 4.39. The first-order chi connectivity index (χ1) is 14.8. The predicted molar refractivity (Wildman–Crippen MR) is 122 cm³/mol. The van der Waals surface area contributed by atoms with Crippen molar-refractivity contribution in [2.75, 3.05) is 5.32 Å². The Kier molecular flexibility index (Phi) is 6.96. The van der Waals surface area contributed by atoms with Crippen molar-refractivity contribution in [1.82, 2.24) is 0 Å². The van der Waals surface area contributed by atoms with Crippen LogP contribution in [-0.4, -0.2) is 11.0 Å². The molecular formula is C25H21ClN2O3. The predicted octanol–water partition coefficient (Wildman–Crippen LogP) is 5.79. The summed E-state index contributed by atoms with van der Waals surface area (Å²) in [6, 6.07) is 19.1. The molecule has 31 heavy (non-hydrogen) atoms. The number of carbonyl (C=O) groups excluding carboxylic acids is 1. The van der Waals surface area contributed by atoms with Gasteiger partial charge in [0.2, 0.25) is 0 Å². The Labute approximate surface area is 186 Å². The quantitative estimate of drug-likeness (QED) is 0.293. The van der Waals surface area contributed by atoms with Gasteiger partial charge in [-0.2, -0.15) is 5.26 Å². The van der Waals surface area contributed by atoms with Gasteiger partial charge in [-0.15, -0.1) is 0 Å². The molecule has 3 aromatic rings. The zero-order valence-electron chi connectivity index (χ0n) is 17.1. The van der Waals surface area contributed by atoms with Gasteiger partial charge in [-0.05, 0) is 68.0 Å². The number of nitrogens with one attached hydrogen (secondary N) is 1. The number of aromatic hydroxyl groups is 1. The lowest BCUT2D eigenvalue weighted by Gasteiger charge is -2.12. The minimum atomic E-state index is -0.576. The lowest BCUT2D eigenvalue weighted by Crippen LogP contribution is -2.13. The number of benzene rings is 3. The van der Waals surface area contributed by atoms with Crippen molar-refractivity contribution in [3.05, 3.63) is 93.5 Å². The minimum Gasteiger partial charge on any atom is -0.508 e. The van der Waals surface area contributed by atoms with E-state index >= 15 is 0 Å². The third-order valence-electron chi connectivity index (χ3n) is 4.44. The zero-order valence-corrected chi connectivity index (χ0v) is 17.9. The highest BCUT2D eigenvalue weighted by atomic mass is 35.5. The van der Waals surface area contributed by atoms with Gasteiger partial charge in [0.1, 0.15) is 29.7 Å². The van der Waals surface area contributed by atoms with Crippen molar-refractivity contribution in [2.24, 2.45) is 0 Å². The Morgan fingerprint density at radius 2 is 1.77 bits per heavy atom. The van der Waals surface area contributed by atoms with Crippen LogP contribution in [0.5, 0.6) is 11.5 Å². The van der Waals surface area contributed by atoms with E-state index in [4.69, 9.17) is 16.3 Å². The third kappa shape index (κ3) is 6.11. The maximum atomic E-state index is 12.5. The molecule has 1 amide bonds. The smallest absolute Gasteiger partial charge is 0.266 e. The summed E-state index contributed by atoms with van der Waals surface area (Å²) in [5.74, 6) is 0.0146. The average Bonchev–Trinajstić information content (AvgIpc) is 2.72. The van der Waals surface area contributed by atoms with E-state index in [1.165, 1.54) is 18.2 Å². The molecule has 0 aromatic heterocycles. The van der Waals surface area contributed by atoms with Gasteiger partial charge < -0.3 is 15.2 Å². The molecule has 156 valence electrons. The van der Waals surface area contributed by atoms with E-state index in [1.807, 2.05) is 32.0 Å². The monoisotopic (exact) mass is 432 g/mol. The van der Waals surface area contributed by atoms with Gasteiger partial charge in [0.05, 0.1) is 0 Å². The fraction of sp³-hybridized carbons (Fsp3) is 0.120. The van der Waals surface area contributed by atoms with E-state index in [0.29, 0.717) is 28.6 Å². The summed E-state index contributed by atoms with van der Waals surface area (Å²) in [5.41, 5.74) is 4.19. The average molecular weight is 433 g/mol. The van der Waals surface area contributed by atoms with Crippen LogP contribution >= 0.6 is 11.6 Å². The first kappa shape index (κ1) is 21.9. The second-order valence-electron chi connectivity index (χ2n) is 7.14. The molecule has 0 saturated heterocycles. The normalized spacial score (nSPS) is 11.0. The van der Waals surface area contributed by atoms with E-state index in [1.54, 1.807) is 30.3 Å². The molecule has 5 nitrogen and oxygen atoms in total. The van der Waals surface area contributed by atoms with E-state index in [-0.39, 0.29) is 11.3 Å². The number of phenols is 1. The highest BCUT2D eigenvalue weighted by Crippen LogP contribution is 2.27. The number of carbonyl (C=O) groups is 1. The molecule has 0 aliphatic carbocycles. The lowest BCUT2D eigenvalue weighted by atomic mass is 10.1. The SMILES string of the molecule is Cc1cc(C)cc(COc2ccc(Cl)cc2/C=C(\C#N)C(=O)Nc2ccc(O)cc2)c1. The highest BCUT2D eigenvalue weighted by Gasteiger charge is 2.12. The molecule has 0 atom stereocenters. The number of aryl methyl sites for hydroxylation is 2. The summed E-state index contributed by atoms with van der Waals surface area (Å²) < 4.78 is 5.97. The molecule has 0 aliphatic rings. The molecule has 0 spiro atoms. The Morgan fingerprint density at radius 3 is 2.42 bits per heavy atom. The van der Waals surface area contributed by atoms with E-state index in [9.17, 15) is 15.2 Å². The van der Waals surface area contributed by atoms with Gasteiger partial charge in [0, 0.05) is 16.3 Å². The Bertz CT molecular complexity index is 1160. The molecule has 0 heterocycles. The minimum absolute atomic E-state index is 0.0820. The first-order valence-electron chi connectivity index (χ1n) is 9.56. The third-order valence-corrected chi connectivity index (χ3v) is 4.67. The fourth-order valence-electron chi connectivity index (χ4n) is 3.12. The topological polar surface area (TPSA) is 82.3 Å². The largest absolute Gasteiger partial charge is 0.508 e. The highest BCUT2D eigenvalue weighted by molar-refractivity contribution is 6.30. The molecule has 0 unspecified atom stereocenters. The Hall–Kier alpha value is -3.75. The fourth-order valence-corrected chi connectivity index (χ4v) is 3.30. The molecule has 0 fully saturated rings. The van der Waals surface area contributed by atoms with Gasteiger partial charge in [0.25, 0.3) is 5.91 Å². The number of nitriles is 1. The number of hydrogen-bond acceptors (Lipinski definition) is 4. The van der Waals surface area contributed by atoms with Gasteiger partial charge in [-0.25, -0.2) is 0 Å². The summed E-state index contributed by atoms with van der Waals surface area (Å²) >= 11 is 6.13. The van der Waals surface area contributed by atoms with Crippen molar-refractivity contribution in [2.45, 2.75) is 20.5 Å². The molecule has 0 bridgehead atoms. The van der Waals surface area contributed by atoms with Crippen LogP contribution in [0.4, 0.5) is 5.69 Å². The summed E-state index contributed by atoms with van der Waals surface area (Å²) in [4.78, 5) is 12.5. The number of nitrogens with zero attached hydrogens (tertiary/aromatic N) is 1. The van der Waals surface area contributed by atoms with Crippen molar-refractivity contribution in [3.63, 3.8) is 0 Å². The number of phenolic OH excluding ortho intramolecular Hbond substituents is 1. The molecule has 2 N–H and O–H groups in total. The number of amides is 1. The van der Waals surface area contributed by atoms with Gasteiger partial charge in [0.15, 0.2) is 0 Å². The molecule has 0 aliphatic heterocycles. The maximum absolute atomic E-state index is 12.5. The van der Waals surface area contributed by atoms with Crippen LogP contribution in [0.15, 0.2) is 66.2 Å².